The maximum absolute atomic E-state index is 5.93. The lowest BCUT2D eigenvalue weighted by Gasteiger charge is -2.13. The third-order valence-electron chi connectivity index (χ3n) is 3.14. The highest BCUT2D eigenvalue weighted by molar-refractivity contribution is 5.84. The third kappa shape index (κ3) is 1.84. The van der Waals surface area contributed by atoms with Gasteiger partial charge in [0.05, 0.1) is 5.69 Å². The van der Waals surface area contributed by atoms with Crippen molar-refractivity contribution in [3.8, 4) is 11.5 Å². The molecule has 0 spiro atoms. The molecule has 3 rings (SSSR count). The average molecular weight is 239 g/mol. The molecule has 0 saturated heterocycles. The SMILES string of the molecule is CC(C)(C)c1ccc(-c2cc3ccccc3[nH]2)o1. The molecule has 0 aliphatic heterocycles. The summed E-state index contributed by atoms with van der Waals surface area (Å²) in [5, 5.41) is 1.21. The van der Waals surface area contributed by atoms with E-state index < -0.39 is 0 Å². The maximum atomic E-state index is 5.93. The van der Waals surface area contributed by atoms with Crippen molar-refractivity contribution < 1.29 is 4.42 Å². The smallest absolute Gasteiger partial charge is 0.150 e. The third-order valence-corrected chi connectivity index (χ3v) is 3.14. The van der Waals surface area contributed by atoms with Gasteiger partial charge >= 0.3 is 0 Å². The first kappa shape index (κ1) is 11.1. The van der Waals surface area contributed by atoms with Crippen LogP contribution in [0.4, 0.5) is 0 Å². The monoisotopic (exact) mass is 239 g/mol. The summed E-state index contributed by atoms with van der Waals surface area (Å²) in [6.07, 6.45) is 0. The van der Waals surface area contributed by atoms with Gasteiger partial charge in [-0.25, -0.2) is 0 Å². The Morgan fingerprint density at radius 2 is 1.78 bits per heavy atom. The first-order valence-electron chi connectivity index (χ1n) is 6.22. The molecule has 0 saturated carbocycles. The molecule has 2 aromatic heterocycles. The fourth-order valence-corrected chi connectivity index (χ4v) is 2.09. The molecule has 92 valence electrons. The van der Waals surface area contributed by atoms with Gasteiger partial charge in [-0.3, -0.25) is 0 Å². The molecule has 0 atom stereocenters. The lowest BCUT2D eigenvalue weighted by molar-refractivity contribution is 0.416. The van der Waals surface area contributed by atoms with Gasteiger partial charge in [-0.2, -0.15) is 0 Å². The van der Waals surface area contributed by atoms with Crippen LogP contribution in [0.1, 0.15) is 26.5 Å². The van der Waals surface area contributed by atoms with Gasteiger partial charge in [0.15, 0.2) is 5.76 Å². The zero-order valence-electron chi connectivity index (χ0n) is 10.9. The molecular formula is C16H17NO. The molecule has 0 fully saturated rings. The highest BCUT2D eigenvalue weighted by Gasteiger charge is 2.19. The molecule has 1 N–H and O–H groups in total. The fraction of sp³-hybridized carbons (Fsp3) is 0.250. The first-order valence-corrected chi connectivity index (χ1v) is 6.22. The van der Waals surface area contributed by atoms with E-state index in [1.54, 1.807) is 0 Å². The standard InChI is InChI=1S/C16H17NO/c1-16(2,3)15-9-8-14(18-15)13-10-11-6-4-5-7-12(11)17-13/h4-10,17H,1-3H3. The van der Waals surface area contributed by atoms with E-state index >= 15 is 0 Å². The van der Waals surface area contributed by atoms with Crippen LogP contribution in [0.15, 0.2) is 46.9 Å². The van der Waals surface area contributed by atoms with Gasteiger partial charge in [-0.15, -0.1) is 0 Å². The minimum atomic E-state index is 0.0459. The van der Waals surface area contributed by atoms with Gasteiger partial charge in [0.1, 0.15) is 5.76 Å². The van der Waals surface area contributed by atoms with Crippen LogP contribution < -0.4 is 0 Å². The summed E-state index contributed by atoms with van der Waals surface area (Å²) in [6, 6.07) is 14.5. The van der Waals surface area contributed by atoms with E-state index in [1.807, 2.05) is 18.2 Å². The second kappa shape index (κ2) is 3.77. The van der Waals surface area contributed by atoms with Gasteiger partial charge in [0, 0.05) is 16.3 Å². The molecule has 0 aliphatic rings. The lowest BCUT2D eigenvalue weighted by atomic mass is 9.94. The van der Waals surface area contributed by atoms with Crippen LogP contribution in [0.2, 0.25) is 0 Å². The zero-order valence-corrected chi connectivity index (χ0v) is 10.9. The van der Waals surface area contributed by atoms with Crippen molar-refractivity contribution in [2.75, 3.05) is 0 Å². The van der Waals surface area contributed by atoms with Crippen molar-refractivity contribution in [2.24, 2.45) is 0 Å². The van der Waals surface area contributed by atoms with Gasteiger partial charge in [-0.1, -0.05) is 39.0 Å². The normalized spacial score (nSPS) is 12.2. The van der Waals surface area contributed by atoms with E-state index in [4.69, 9.17) is 4.42 Å². The Kier molecular flexibility index (Phi) is 2.34. The molecule has 18 heavy (non-hydrogen) atoms. The second-order valence-corrected chi connectivity index (χ2v) is 5.68. The highest BCUT2D eigenvalue weighted by atomic mass is 16.3. The van der Waals surface area contributed by atoms with Crippen LogP contribution in [-0.4, -0.2) is 4.98 Å². The summed E-state index contributed by atoms with van der Waals surface area (Å²) in [7, 11) is 0. The molecule has 1 aromatic carbocycles. The predicted molar refractivity (Wildman–Crippen MR) is 74.7 cm³/mol. The van der Waals surface area contributed by atoms with Crippen LogP contribution in [0.3, 0.4) is 0 Å². The van der Waals surface area contributed by atoms with Gasteiger partial charge in [0.2, 0.25) is 0 Å². The lowest BCUT2D eigenvalue weighted by Crippen LogP contribution is -2.08. The van der Waals surface area contributed by atoms with Crippen molar-refractivity contribution in [1.82, 2.24) is 4.98 Å². The Hall–Kier alpha value is -1.96. The number of hydrogen-bond acceptors (Lipinski definition) is 1. The zero-order chi connectivity index (χ0) is 12.8. The number of hydrogen-bond donors (Lipinski definition) is 1. The van der Waals surface area contributed by atoms with E-state index in [0.29, 0.717) is 0 Å². The van der Waals surface area contributed by atoms with Crippen LogP contribution in [0.25, 0.3) is 22.4 Å². The largest absolute Gasteiger partial charge is 0.459 e. The van der Waals surface area contributed by atoms with Crippen molar-refractivity contribution in [2.45, 2.75) is 26.2 Å². The fourth-order valence-electron chi connectivity index (χ4n) is 2.09. The molecule has 2 nitrogen and oxygen atoms in total. The summed E-state index contributed by atoms with van der Waals surface area (Å²) in [5.41, 5.74) is 2.22. The van der Waals surface area contributed by atoms with Gasteiger partial charge < -0.3 is 9.40 Å². The Bertz CT molecular complexity index is 649. The Morgan fingerprint density at radius 3 is 2.44 bits per heavy atom. The van der Waals surface area contributed by atoms with Gasteiger partial charge in [0.25, 0.3) is 0 Å². The average Bonchev–Trinajstić information content (AvgIpc) is 2.94. The number of H-pyrrole nitrogens is 1. The van der Waals surface area contributed by atoms with E-state index in [0.717, 1.165) is 22.7 Å². The molecule has 2 heterocycles. The first-order chi connectivity index (χ1) is 8.54. The molecule has 0 amide bonds. The molecule has 0 aliphatic carbocycles. The summed E-state index contributed by atoms with van der Waals surface area (Å²) in [4.78, 5) is 3.38. The molecule has 0 unspecified atom stereocenters. The minimum absolute atomic E-state index is 0.0459. The minimum Gasteiger partial charge on any atom is -0.459 e. The van der Waals surface area contributed by atoms with Crippen LogP contribution in [0, 0.1) is 0 Å². The number of fused-ring (bicyclic) bond motifs is 1. The Labute approximate surface area is 107 Å². The number of rotatable bonds is 1. The summed E-state index contributed by atoms with van der Waals surface area (Å²) >= 11 is 0. The summed E-state index contributed by atoms with van der Waals surface area (Å²) in [6.45, 7) is 6.46. The van der Waals surface area contributed by atoms with E-state index in [9.17, 15) is 0 Å². The number of aromatic nitrogens is 1. The summed E-state index contributed by atoms with van der Waals surface area (Å²) < 4.78 is 5.93. The number of benzene rings is 1. The molecular weight excluding hydrogens is 222 g/mol. The van der Waals surface area contributed by atoms with Crippen molar-refractivity contribution in [1.29, 1.82) is 0 Å². The molecule has 0 bridgehead atoms. The maximum Gasteiger partial charge on any atom is 0.150 e. The van der Waals surface area contributed by atoms with Crippen molar-refractivity contribution in [3.05, 3.63) is 48.2 Å². The topological polar surface area (TPSA) is 28.9 Å². The van der Waals surface area contributed by atoms with Crippen molar-refractivity contribution in [3.63, 3.8) is 0 Å². The van der Waals surface area contributed by atoms with Gasteiger partial charge in [-0.05, 0) is 24.3 Å². The predicted octanol–water partition coefficient (Wildman–Crippen LogP) is 4.73. The Morgan fingerprint density at radius 1 is 1.00 bits per heavy atom. The van der Waals surface area contributed by atoms with E-state index in [1.165, 1.54) is 5.39 Å². The van der Waals surface area contributed by atoms with E-state index in [2.05, 4.69) is 50.0 Å². The summed E-state index contributed by atoms with van der Waals surface area (Å²) in [5.74, 6) is 1.91. The van der Waals surface area contributed by atoms with Crippen LogP contribution in [0.5, 0.6) is 0 Å². The number of para-hydroxylation sites is 1. The number of nitrogens with one attached hydrogen (secondary N) is 1. The van der Waals surface area contributed by atoms with E-state index in [-0.39, 0.29) is 5.41 Å². The molecule has 3 aromatic rings. The number of furan rings is 1. The van der Waals surface area contributed by atoms with Crippen LogP contribution in [-0.2, 0) is 5.41 Å². The highest BCUT2D eigenvalue weighted by Crippen LogP contribution is 2.30. The Balaban J connectivity index is 2.06. The molecule has 0 radical (unpaired) electrons. The quantitative estimate of drug-likeness (QED) is 0.653. The van der Waals surface area contributed by atoms with Crippen molar-refractivity contribution >= 4 is 10.9 Å². The second-order valence-electron chi connectivity index (χ2n) is 5.68. The molecule has 2 heteroatoms. The van der Waals surface area contributed by atoms with Crippen LogP contribution >= 0.6 is 0 Å². The number of aromatic amines is 1.